The van der Waals surface area contributed by atoms with E-state index in [9.17, 15) is 4.57 Å². The lowest BCUT2D eigenvalue weighted by atomic mass is 10.0. The van der Waals surface area contributed by atoms with E-state index in [1.807, 2.05) is 0 Å². The minimum Gasteiger partial charge on any atom is -0.393 e. The molecule has 0 saturated heterocycles. The minimum absolute atomic E-state index is 0.393. The smallest absolute Gasteiger partial charge is 0.393 e. The van der Waals surface area contributed by atoms with E-state index in [1.165, 1.54) is 77.0 Å². The van der Waals surface area contributed by atoms with Crippen molar-refractivity contribution < 1.29 is 33.8 Å². The third-order valence-electron chi connectivity index (χ3n) is 4.42. The molecule has 0 heterocycles. The molecule has 7 nitrogen and oxygen atoms in total. The predicted molar refractivity (Wildman–Crippen MR) is 106 cm³/mol. The Morgan fingerprint density at radius 3 is 1.63 bits per heavy atom. The first-order valence-corrected chi connectivity index (χ1v) is 12.1. The molecular weight excluding hydrogens is 371 g/mol. The molecular formula is C19H41O7P. The Bertz CT molecular complexity index is 349. The summed E-state index contributed by atoms with van der Waals surface area (Å²) in [6, 6.07) is 0. The number of rotatable bonds is 21. The van der Waals surface area contributed by atoms with E-state index >= 15 is 0 Å². The maximum absolute atomic E-state index is 10.6. The third-order valence-corrected chi connectivity index (χ3v) is 4.90. The standard InChI is InChI=1S/C19H41O7P/c1-2-3-4-5-6-7-8-9-10-11-12-13-14-15-16-24-26-19(17-20)18-25-27(21,22)23/h19-20H,2-18H2,1H3,(H2,21,22,23)/t19-/m0/s1. The van der Waals surface area contributed by atoms with E-state index in [0.717, 1.165) is 12.8 Å². The maximum Gasteiger partial charge on any atom is 0.469 e. The first-order valence-electron chi connectivity index (χ1n) is 10.6. The highest BCUT2D eigenvalue weighted by atomic mass is 31.2. The summed E-state index contributed by atoms with van der Waals surface area (Å²) in [7, 11) is -4.56. The number of hydrogen-bond acceptors (Lipinski definition) is 5. The number of aliphatic hydroxyl groups excluding tert-OH is 1. The molecule has 0 rings (SSSR count). The van der Waals surface area contributed by atoms with Gasteiger partial charge >= 0.3 is 7.82 Å². The van der Waals surface area contributed by atoms with Gasteiger partial charge < -0.3 is 14.9 Å². The summed E-state index contributed by atoms with van der Waals surface area (Å²) in [4.78, 5) is 27.0. The number of aliphatic hydroxyl groups is 1. The van der Waals surface area contributed by atoms with Crippen molar-refractivity contribution in [3.63, 3.8) is 0 Å². The molecule has 1 atom stereocenters. The first kappa shape index (κ1) is 27.0. The van der Waals surface area contributed by atoms with Gasteiger partial charge in [-0.05, 0) is 6.42 Å². The van der Waals surface area contributed by atoms with Crippen LogP contribution >= 0.6 is 7.82 Å². The van der Waals surface area contributed by atoms with E-state index in [-0.39, 0.29) is 0 Å². The SMILES string of the molecule is CCCCCCCCCCCCCCCCOO[C@@H](CO)COP(=O)(O)O. The van der Waals surface area contributed by atoms with E-state index in [2.05, 4.69) is 11.4 Å². The van der Waals surface area contributed by atoms with Crippen LogP contribution in [0.2, 0.25) is 0 Å². The number of hydrogen-bond donors (Lipinski definition) is 3. The van der Waals surface area contributed by atoms with E-state index < -0.39 is 27.1 Å². The van der Waals surface area contributed by atoms with Crippen LogP contribution in [0.1, 0.15) is 96.8 Å². The molecule has 3 N–H and O–H groups in total. The lowest BCUT2D eigenvalue weighted by molar-refractivity contribution is -0.332. The number of phosphoric acid groups is 1. The van der Waals surface area contributed by atoms with Gasteiger partial charge in [0, 0.05) is 0 Å². The monoisotopic (exact) mass is 412 g/mol. The van der Waals surface area contributed by atoms with Crippen LogP contribution in [0.25, 0.3) is 0 Å². The van der Waals surface area contributed by atoms with Crippen LogP contribution in [0.15, 0.2) is 0 Å². The Hall–Kier alpha value is -0.0100. The summed E-state index contributed by atoms with van der Waals surface area (Å²) in [5, 5.41) is 9.01. The fraction of sp³-hybridized carbons (Fsp3) is 1.00. The molecule has 27 heavy (non-hydrogen) atoms. The van der Waals surface area contributed by atoms with Crippen LogP contribution in [0, 0.1) is 0 Å². The molecule has 0 unspecified atom stereocenters. The number of phosphoric ester groups is 1. The summed E-state index contributed by atoms with van der Waals surface area (Å²) in [6.07, 6.45) is 17.0. The Morgan fingerprint density at radius 2 is 1.22 bits per heavy atom. The molecule has 8 heteroatoms. The molecule has 0 aliphatic heterocycles. The molecule has 0 aromatic rings. The average molecular weight is 413 g/mol. The second-order valence-electron chi connectivity index (χ2n) is 7.11. The van der Waals surface area contributed by atoms with E-state index in [0.29, 0.717) is 6.61 Å². The van der Waals surface area contributed by atoms with Crippen molar-refractivity contribution in [1.82, 2.24) is 0 Å². The average Bonchev–Trinajstić information content (AvgIpc) is 2.63. The topological polar surface area (TPSA) is 105 Å². The molecule has 0 fully saturated rings. The van der Waals surface area contributed by atoms with Gasteiger partial charge in [-0.2, -0.15) is 0 Å². The zero-order valence-electron chi connectivity index (χ0n) is 17.0. The van der Waals surface area contributed by atoms with Crippen LogP contribution in [-0.4, -0.2) is 40.8 Å². The van der Waals surface area contributed by atoms with Crippen molar-refractivity contribution in [1.29, 1.82) is 0 Å². The molecule has 0 amide bonds. The van der Waals surface area contributed by atoms with Gasteiger partial charge in [-0.15, -0.1) is 0 Å². The fourth-order valence-corrected chi connectivity index (χ4v) is 3.15. The van der Waals surface area contributed by atoms with Gasteiger partial charge in [0.1, 0.15) is 6.10 Å². The van der Waals surface area contributed by atoms with Gasteiger partial charge in [-0.3, -0.25) is 4.52 Å². The quantitative estimate of drug-likeness (QED) is 0.107. The molecule has 0 aliphatic rings. The Labute approximate surface area is 165 Å². The van der Waals surface area contributed by atoms with Gasteiger partial charge in [-0.25, -0.2) is 14.3 Å². The van der Waals surface area contributed by atoms with Crippen LogP contribution in [0.3, 0.4) is 0 Å². The highest BCUT2D eigenvalue weighted by Gasteiger charge is 2.18. The van der Waals surface area contributed by atoms with Gasteiger partial charge in [0.05, 0.1) is 19.8 Å². The lowest BCUT2D eigenvalue weighted by Gasteiger charge is -2.14. The minimum atomic E-state index is -4.56. The molecule has 0 aromatic carbocycles. The molecule has 0 saturated carbocycles. The highest BCUT2D eigenvalue weighted by molar-refractivity contribution is 7.46. The molecule has 164 valence electrons. The van der Waals surface area contributed by atoms with E-state index in [4.69, 9.17) is 24.7 Å². The third kappa shape index (κ3) is 22.1. The molecule has 0 aliphatic carbocycles. The largest absolute Gasteiger partial charge is 0.469 e. The van der Waals surface area contributed by atoms with Crippen molar-refractivity contribution >= 4 is 7.82 Å². The normalized spacial score (nSPS) is 13.2. The number of unbranched alkanes of at least 4 members (excludes halogenated alkanes) is 13. The molecule has 0 bridgehead atoms. The second kappa shape index (κ2) is 19.3. The Kier molecular flexibility index (Phi) is 19.3. The highest BCUT2D eigenvalue weighted by Crippen LogP contribution is 2.35. The summed E-state index contributed by atoms with van der Waals surface area (Å²) in [5.41, 5.74) is 0. The van der Waals surface area contributed by atoms with Gasteiger partial charge in [-0.1, -0.05) is 90.4 Å². The van der Waals surface area contributed by atoms with Gasteiger partial charge in [0.15, 0.2) is 0 Å². The predicted octanol–water partition coefficient (Wildman–Crippen LogP) is 4.89. The summed E-state index contributed by atoms with van der Waals surface area (Å²) in [5.74, 6) is 0. The van der Waals surface area contributed by atoms with Crippen molar-refractivity contribution in [2.24, 2.45) is 0 Å². The van der Waals surface area contributed by atoms with Crippen molar-refractivity contribution in [2.75, 3.05) is 19.8 Å². The fourth-order valence-electron chi connectivity index (χ4n) is 2.79. The lowest BCUT2D eigenvalue weighted by Crippen LogP contribution is -2.24. The summed E-state index contributed by atoms with van der Waals surface area (Å²) in [6.45, 7) is 1.80. The Morgan fingerprint density at radius 1 is 0.778 bits per heavy atom. The van der Waals surface area contributed by atoms with Crippen molar-refractivity contribution in [2.45, 2.75) is 103 Å². The van der Waals surface area contributed by atoms with E-state index in [1.54, 1.807) is 0 Å². The van der Waals surface area contributed by atoms with Crippen molar-refractivity contribution in [3.05, 3.63) is 0 Å². The van der Waals surface area contributed by atoms with Crippen LogP contribution in [-0.2, 0) is 18.9 Å². The zero-order valence-corrected chi connectivity index (χ0v) is 17.9. The van der Waals surface area contributed by atoms with Crippen LogP contribution in [0.4, 0.5) is 0 Å². The molecule has 0 spiro atoms. The van der Waals surface area contributed by atoms with Gasteiger partial charge in [0.25, 0.3) is 0 Å². The van der Waals surface area contributed by atoms with Gasteiger partial charge in [0.2, 0.25) is 0 Å². The zero-order chi connectivity index (χ0) is 20.2. The Balaban J connectivity index is 3.25. The molecule has 0 radical (unpaired) electrons. The summed E-state index contributed by atoms with van der Waals surface area (Å²) >= 11 is 0. The maximum atomic E-state index is 10.6. The first-order chi connectivity index (χ1) is 13.0. The van der Waals surface area contributed by atoms with Crippen molar-refractivity contribution in [3.8, 4) is 0 Å². The second-order valence-corrected chi connectivity index (χ2v) is 8.34. The van der Waals surface area contributed by atoms with Crippen LogP contribution in [0.5, 0.6) is 0 Å². The van der Waals surface area contributed by atoms with Crippen LogP contribution < -0.4 is 0 Å². The molecule has 0 aromatic heterocycles. The summed E-state index contributed by atoms with van der Waals surface area (Å²) < 4.78 is 14.8.